The van der Waals surface area contributed by atoms with Crippen LogP contribution < -0.4 is 10.1 Å². The number of halogens is 5. The average molecular weight is 717 g/mol. The topological polar surface area (TPSA) is 78.9 Å². The zero-order valence-corrected chi connectivity index (χ0v) is 30.6. The summed E-state index contributed by atoms with van der Waals surface area (Å²) >= 11 is 6.37. The maximum Gasteiger partial charge on any atom is 0.290 e. The number of rotatable bonds is 10. The number of amides is 1. The highest BCUT2D eigenvalue weighted by molar-refractivity contribution is 7.15. The Balaban J connectivity index is 0.000000433. The minimum atomic E-state index is -3.16. The lowest BCUT2D eigenvalue weighted by Gasteiger charge is -2.43. The summed E-state index contributed by atoms with van der Waals surface area (Å²) in [6, 6.07) is 17.2. The second kappa shape index (κ2) is 21.2. The van der Waals surface area contributed by atoms with Crippen LogP contribution in [0.4, 0.5) is 17.6 Å². The molecule has 0 aromatic heterocycles. The van der Waals surface area contributed by atoms with Crippen molar-refractivity contribution in [2.24, 2.45) is 5.41 Å². The first kappa shape index (κ1) is 43.1. The first-order valence-corrected chi connectivity index (χ1v) is 17.6. The lowest BCUT2D eigenvalue weighted by Crippen LogP contribution is -2.57. The molecule has 1 heterocycles. The third-order valence-corrected chi connectivity index (χ3v) is 8.64. The number of piperidine rings is 1. The van der Waals surface area contributed by atoms with Crippen LogP contribution in [0.25, 0.3) is 21.9 Å². The van der Waals surface area contributed by atoms with Crippen LogP contribution in [-0.4, -0.2) is 74.7 Å². The Labute approximate surface area is 289 Å². The standard InChI is InChI=1S/C22H23ClO.C12H20F4N2O.CH2O2.CH5P/c1-4-8-16-9-6-11-18-17(16)10-7-12-19(18)20-13-15(5-2)21(23)14-22(20)24-3;1-3-17-10(19)12(11(2,15)16)4-6-18(7-5-12)8-9(13)14;2-1-3;1-2/h6-7,9-14H,4-5,8H2,1-3H3;9H,3-8H2,1-2H3,(H,17,19);1H,(H,2,3);2H2,1H3. The van der Waals surface area contributed by atoms with Crippen LogP contribution in [-0.2, 0) is 22.4 Å². The van der Waals surface area contributed by atoms with E-state index in [2.05, 4.69) is 70.9 Å². The van der Waals surface area contributed by atoms with Gasteiger partial charge in [-0.2, -0.15) is 0 Å². The van der Waals surface area contributed by atoms with Gasteiger partial charge in [0.25, 0.3) is 18.8 Å². The van der Waals surface area contributed by atoms with E-state index in [9.17, 15) is 22.4 Å². The number of hydrogen-bond acceptors (Lipinski definition) is 4. The van der Waals surface area contributed by atoms with Crippen molar-refractivity contribution in [1.82, 2.24) is 10.2 Å². The number of carboxylic acid groups (broad SMARTS) is 1. The van der Waals surface area contributed by atoms with Gasteiger partial charge < -0.3 is 15.2 Å². The molecule has 0 aliphatic carbocycles. The smallest absolute Gasteiger partial charge is 0.290 e. The molecule has 1 aliphatic rings. The van der Waals surface area contributed by atoms with E-state index in [1.807, 2.05) is 12.7 Å². The number of likely N-dealkylation sites (tertiary alicyclic amines) is 1. The average Bonchev–Trinajstić information content (AvgIpc) is 3.06. The molecule has 1 atom stereocenters. The van der Waals surface area contributed by atoms with Gasteiger partial charge in [-0.1, -0.05) is 74.9 Å². The zero-order chi connectivity index (χ0) is 36.5. The molecule has 1 unspecified atom stereocenters. The number of benzene rings is 3. The van der Waals surface area contributed by atoms with Gasteiger partial charge in [0.2, 0.25) is 5.91 Å². The maximum atomic E-state index is 13.8. The van der Waals surface area contributed by atoms with Crippen molar-refractivity contribution in [3.05, 3.63) is 64.7 Å². The summed E-state index contributed by atoms with van der Waals surface area (Å²) in [6.45, 7) is 8.42. The molecule has 12 heteroatoms. The molecule has 1 aliphatic heterocycles. The van der Waals surface area contributed by atoms with Gasteiger partial charge in [-0.3, -0.25) is 14.5 Å². The normalized spacial score (nSPS) is 14.0. The maximum absolute atomic E-state index is 13.8. The van der Waals surface area contributed by atoms with Crippen molar-refractivity contribution in [3.63, 3.8) is 0 Å². The fourth-order valence-electron chi connectivity index (χ4n) is 5.86. The van der Waals surface area contributed by atoms with Crippen LogP contribution in [0.1, 0.15) is 58.1 Å². The van der Waals surface area contributed by atoms with Gasteiger partial charge in [-0.15, -0.1) is 9.24 Å². The number of hydrogen-bond donors (Lipinski definition) is 2. The van der Waals surface area contributed by atoms with E-state index in [1.54, 1.807) is 14.0 Å². The van der Waals surface area contributed by atoms with Crippen molar-refractivity contribution < 1.29 is 37.0 Å². The lowest BCUT2D eigenvalue weighted by atomic mass is 9.72. The molecule has 0 spiro atoms. The van der Waals surface area contributed by atoms with Gasteiger partial charge in [-0.05, 0) is 85.3 Å². The summed E-state index contributed by atoms with van der Waals surface area (Å²) in [5.41, 5.74) is 3.09. The Kier molecular flexibility index (Phi) is 19.0. The first-order valence-electron chi connectivity index (χ1n) is 16.0. The fraction of sp³-hybridized carbons (Fsp3) is 0.500. The molecule has 0 radical (unpaired) electrons. The molecule has 0 saturated carbocycles. The molecule has 48 heavy (non-hydrogen) atoms. The molecule has 1 fully saturated rings. The minimum Gasteiger partial charge on any atom is -0.496 e. The summed E-state index contributed by atoms with van der Waals surface area (Å²) < 4.78 is 57.7. The number of carbonyl (C=O) groups excluding carboxylic acids is 1. The van der Waals surface area contributed by atoms with E-state index >= 15 is 0 Å². The SMILES string of the molecule is CCCc1cccc2c(-c3cc(CC)c(Cl)cc3OC)cccc12.CCNC(=O)C1(C(C)(F)F)CCN(CC(F)F)CC1.CP.O=CO. The number of fused-ring (bicyclic) bond motifs is 1. The number of nitrogens with zero attached hydrogens (tertiary/aromatic N) is 1. The third kappa shape index (κ3) is 11.3. The number of carbonyl (C=O) groups is 2. The Morgan fingerprint density at radius 3 is 2.15 bits per heavy atom. The zero-order valence-electron chi connectivity index (χ0n) is 28.7. The van der Waals surface area contributed by atoms with Crippen molar-refractivity contribution in [2.75, 3.05) is 40.0 Å². The van der Waals surface area contributed by atoms with E-state index < -0.39 is 30.2 Å². The number of aryl methyl sites for hydroxylation is 2. The van der Waals surface area contributed by atoms with Crippen LogP contribution in [0.15, 0.2) is 48.5 Å². The summed E-state index contributed by atoms with van der Waals surface area (Å²) in [4.78, 5) is 21.7. The van der Waals surface area contributed by atoms with Crippen molar-refractivity contribution in [2.45, 2.75) is 72.1 Å². The van der Waals surface area contributed by atoms with Crippen LogP contribution in [0.5, 0.6) is 5.75 Å². The summed E-state index contributed by atoms with van der Waals surface area (Å²) in [5.74, 6) is -3.02. The first-order chi connectivity index (χ1) is 22.8. The van der Waals surface area contributed by atoms with Gasteiger partial charge in [0.1, 0.15) is 11.2 Å². The van der Waals surface area contributed by atoms with E-state index in [1.165, 1.54) is 26.8 Å². The van der Waals surface area contributed by atoms with Gasteiger partial charge >= 0.3 is 0 Å². The second-order valence-electron chi connectivity index (χ2n) is 11.2. The van der Waals surface area contributed by atoms with Crippen LogP contribution >= 0.6 is 20.8 Å². The Morgan fingerprint density at radius 1 is 1.06 bits per heavy atom. The Morgan fingerprint density at radius 2 is 1.65 bits per heavy atom. The highest BCUT2D eigenvalue weighted by Crippen LogP contribution is 2.45. The van der Waals surface area contributed by atoms with Crippen LogP contribution in [0, 0.1) is 5.41 Å². The molecule has 6 nitrogen and oxygen atoms in total. The summed E-state index contributed by atoms with van der Waals surface area (Å²) in [5, 5.41) is 12.7. The molecule has 3 aromatic carbocycles. The molecule has 3 aromatic rings. The van der Waals surface area contributed by atoms with E-state index in [0.29, 0.717) is 0 Å². The molecule has 0 bridgehead atoms. The van der Waals surface area contributed by atoms with Gasteiger partial charge in [0.15, 0.2) is 0 Å². The van der Waals surface area contributed by atoms with Crippen molar-refractivity contribution in [3.8, 4) is 16.9 Å². The Hall–Kier alpha value is -2.94. The highest BCUT2D eigenvalue weighted by atomic mass is 35.5. The van der Waals surface area contributed by atoms with Crippen LogP contribution in [0.3, 0.4) is 0 Å². The van der Waals surface area contributed by atoms with E-state index in [-0.39, 0.29) is 38.9 Å². The van der Waals surface area contributed by atoms with Gasteiger partial charge in [-0.25, -0.2) is 17.6 Å². The van der Waals surface area contributed by atoms with Gasteiger partial charge in [0.05, 0.1) is 13.7 Å². The quantitative estimate of drug-likeness (QED) is 0.124. The molecule has 1 saturated heterocycles. The predicted octanol–water partition coefficient (Wildman–Crippen LogP) is 9.00. The molecule has 4 rings (SSSR count). The minimum absolute atomic E-state index is 0.0882. The monoisotopic (exact) mass is 716 g/mol. The number of nitrogens with one attached hydrogen (secondary N) is 1. The molecule has 268 valence electrons. The molecular weight excluding hydrogens is 667 g/mol. The fourth-order valence-corrected chi connectivity index (χ4v) is 6.14. The van der Waals surface area contributed by atoms with Crippen LogP contribution in [0.2, 0.25) is 5.02 Å². The van der Waals surface area contributed by atoms with Gasteiger partial charge in [0, 0.05) is 24.1 Å². The highest BCUT2D eigenvalue weighted by Gasteiger charge is 2.56. The number of methoxy groups -OCH3 is 1. The largest absolute Gasteiger partial charge is 0.496 e. The number of ether oxygens (including phenoxy) is 1. The lowest BCUT2D eigenvalue weighted by molar-refractivity contribution is -0.167. The Bertz CT molecular complexity index is 1430. The summed E-state index contributed by atoms with van der Waals surface area (Å²) in [6.07, 6.45) is 0.456. The molecular formula is C36H50ClF4N2O4P. The molecule has 1 amide bonds. The van der Waals surface area contributed by atoms with Crippen molar-refractivity contribution >= 4 is 44.0 Å². The summed E-state index contributed by atoms with van der Waals surface area (Å²) in [7, 11) is 4.12. The van der Waals surface area contributed by atoms with Crippen molar-refractivity contribution in [1.29, 1.82) is 0 Å². The number of alkyl halides is 4. The van der Waals surface area contributed by atoms with E-state index in [4.69, 9.17) is 26.2 Å². The van der Waals surface area contributed by atoms with E-state index in [0.717, 1.165) is 48.1 Å². The second-order valence-corrected chi connectivity index (χ2v) is 11.6. The predicted molar refractivity (Wildman–Crippen MR) is 192 cm³/mol. The third-order valence-electron chi connectivity index (χ3n) is 8.29. The molecule has 2 N–H and O–H groups in total.